The normalized spacial score (nSPS) is 12.3. The van der Waals surface area contributed by atoms with Crippen LogP contribution >= 0.6 is 0 Å². The third-order valence-corrected chi connectivity index (χ3v) is 2.95. The number of aryl methyl sites for hydroxylation is 2. The van der Waals surface area contributed by atoms with Gasteiger partial charge in [-0.25, -0.2) is 0 Å². The fourth-order valence-electron chi connectivity index (χ4n) is 1.91. The quantitative estimate of drug-likeness (QED) is 0.827. The molecule has 0 aliphatic rings. The molecule has 0 saturated heterocycles. The van der Waals surface area contributed by atoms with Gasteiger partial charge in [0.25, 0.3) is 0 Å². The molecule has 1 atom stereocenters. The van der Waals surface area contributed by atoms with Crippen molar-refractivity contribution in [2.75, 3.05) is 14.2 Å². The lowest BCUT2D eigenvalue weighted by Gasteiger charge is -2.13. The van der Waals surface area contributed by atoms with Crippen LogP contribution in [0.15, 0.2) is 12.1 Å². The summed E-state index contributed by atoms with van der Waals surface area (Å²) in [5.41, 5.74) is 8.30. The van der Waals surface area contributed by atoms with E-state index in [-0.39, 0.29) is 6.04 Å². The van der Waals surface area contributed by atoms with Gasteiger partial charge in [-0.15, -0.1) is 0 Å². The van der Waals surface area contributed by atoms with Crippen molar-refractivity contribution in [1.82, 2.24) is 0 Å². The SMILES string of the molecule is COc1cc(C)c(CCCC(C)N)cc1OC. The molecule has 0 aliphatic heterocycles. The van der Waals surface area contributed by atoms with Crippen LogP contribution in [0.5, 0.6) is 11.5 Å². The van der Waals surface area contributed by atoms with E-state index in [0.29, 0.717) is 0 Å². The fourth-order valence-corrected chi connectivity index (χ4v) is 1.91. The van der Waals surface area contributed by atoms with Crippen LogP contribution in [0, 0.1) is 6.92 Å². The minimum Gasteiger partial charge on any atom is -0.493 e. The lowest BCUT2D eigenvalue weighted by molar-refractivity contribution is 0.354. The van der Waals surface area contributed by atoms with E-state index >= 15 is 0 Å². The number of hydrogen-bond acceptors (Lipinski definition) is 3. The van der Waals surface area contributed by atoms with Crippen molar-refractivity contribution in [2.45, 2.75) is 39.2 Å². The number of rotatable bonds is 6. The van der Waals surface area contributed by atoms with Crippen LogP contribution in [-0.4, -0.2) is 20.3 Å². The highest BCUT2D eigenvalue weighted by Gasteiger charge is 2.08. The molecule has 0 saturated carbocycles. The predicted molar refractivity (Wildman–Crippen MR) is 70.9 cm³/mol. The Balaban J connectivity index is 2.78. The van der Waals surface area contributed by atoms with Gasteiger partial charge in [-0.2, -0.15) is 0 Å². The molecule has 0 aromatic heterocycles. The topological polar surface area (TPSA) is 44.5 Å². The summed E-state index contributed by atoms with van der Waals surface area (Å²) >= 11 is 0. The van der Waals surface area contributed by atoms with Crippen LogP contribution in [0.2, 0.25) is 0 Å². The summed E-state index contributed by atoms with van der Waals surface area (Å²) in [5, 5.41) is 0. The van der Waals surface area contributed by atoms with Crippen molar-refractivity contribution in [3.05, 3.63) is 23.3 Å². The first kappa shape index (κ1) is 13.8. The summed E-state index contributed by atoms with van der Waals surface area (Å²) in [5.74, 6) is 1.59. The first-order valence-corrected chi connectivity index (χ1v) is 6.05. The maximum absolute atomic E-state index is 5.75. The van der Waals surface area contributed by atoms with E-state index in [1.54, 1.807) is 14.2 Å². The van der Waals surface area contributed by atoms with Gasteiger partial charge in [-0.1, -0.05) is 0 Å². The van der Waals surface area contributed by atoms with E-state index < -0.39 is 0 Å². The average molecular weight is 237 g/mol. The van der Waals surface area contributed by atoms with E-state index in [0.717, 1.165) is 30.8 Å². The lowest BCUT2D eigenvalue weighted by atomic mass is 10.0. The Kier molecular flexibility index (Phi) is 5.29. The molecule has 1 aromatic carbocycles. The second-order valence-electron chi connectivity index (χ2n) is 4.50. The number of benzene rings is 1. The summed E-state index contributed by atoms with van der Waals surface area (Å²) in [6.45, 7) is 4.14. The summed E-state index contributed by atoms with van der Waals surface area (Å²) < 4.78 is 10.6. The highest BCUT2D eigenvalue weighted by molar-refractivity contribution is 5.47. The van der Waals surface area contributed by atoms with Gasteiger partial charge in [0.1, 0.15) is 0 Å². The van der Waals surface area contributed by atoms with Crippen LogP contribution < -0.4 is 15.2 Å². The molecule has 1 unspecified atom stereocenters. The van der Waals surface area contributed by atoms with E-state index in [1.807, 2.05) is 13.0 Å². The summed E-state index contributed by atoms with van der Waals surface area (Å²) in [4.78, 5) is 0. The number of nitrogens with two attached hydrogens (primary N) is 1. The largest absolute Gasteiger partial charge is 0.493 e. The Morgan fingerprint density at radius 3 is 2.29 bits per heavy atom. The minimum absolute atomic E-state index is 0.274. The Bertz CT molecular complexity index is 361. The zero-order chi connectivity index (χ0) is 12.8. The molecule has 0 radical (unpaired) electrons. The van der Waals surface area contributed by atoms with Gasteiger partial charge in [-0.3, -0.25) is 0 Å². The lowest BCUT2D eigenvalue weighted by Crippen LogP contribution is -2.14. The monoisotopic (exact) mass is 237 g/mol. The molecule has 17 heavy (non-hydrogen) atoms. The summed E-state index contributed by atoms with van der Waals surface area (Å²) in [7, 11) is 3.33. The second kappa shape index (κ2) is 6.50. The van der Waals surface area contributed by atoms with Crippen molar-refractivity contribution in [2.24, 2.45) is 5.73 Å². The highest BCUT2D eigenvalue weighted by atomic mass is 16.5. The van der Waals surface area contributed by atoms with E-state index in [9.17, 15) is 0 Å². The van der Waals surface area contributed by atoms with Gasteiger partial charge in [0.15, 0.2) is 11.5 Å². The third kappa shape index (κ3) is 3.93. The zero-order valence-corrected chi connectivity index (χ0v) is 11.2. The first-order valence-electron chi connectivity index (χ1n) is 6.05. The predicted octanol–water partition coefficient (Wildman–Crippen LogP) is 2.68. The number of ether oxygens (including phenoxy) is 2. The molecular weight excluding hydrogens is 214 g/mol. The van der Waals surface area contributed by atoms with Crippen LogP contribution in [0.3, 0.4) is 0 Å². The molecule has 3 heteroatoms. The fraction of sp³-hybridized carbons (Fsp3) is 0.571. The number of methoxy groups -OCH3 is 2. The maximum Gasteiger partial charge on any atom is 0.161 e. The smallest absolute Gasteiger partial charge is 0.161 e. The van der Waals surface area contributed by atoms with Gasteiger partial charge < -0.3 is 15.2 Å². The Morgan fingerprint density at radius 1 is 1.18 bits per heavy atom. The van der Waals surface area contributed by atoms with Crippen molar-refractivity contribution >= 4 is 0 Å². The highest BCUT2D eigenvalue weighted by Crippen LogP contribution is 2.30. The van der Waals surface area contributed by atoms with Crippen LogP contribution in [-0.2, 0) is 6.42 Å². The molecule has 1 rings (SSSR count). The minimum atomic E-state index is 0.274. The molecule has 0 fully saturated rings. The molecular formula is C14H23NO2. The van der Waals surface area contributed by atoms with E-state index in [4.69, 9.17) is 15.2 Å². The van der Waals surface area contributed by atoms with Crippen molar-refractivity contribution in [1.29, 1.82) is 0 Å². The van der Waals surface area contributed by atoms with Gasteiger partial charge in [0.05, 0.1) is 14.2 Å². The number of hydrogen-bond donors (Lipinski definition) is 1. The molecule has 3 nitrogen and oxygen atoms in total. The molecule has 2 N–H and O–H groups in total. The van der Waals surface area contributed by atoms with E-state index in [1.165, 1.54) is 11.1 Å². The molecule has 0 amide bonds. The maximum atomic E-state index is 5.75. The molecule has 1 aromatic rings. The van der Waals surface area contributed by atoms with Gasteiger partial charge in [-0.05, 0) is 56.4 Å². The van der Waals surface area contributed by atoms with Gasteiger partial charge in [0, 0.05) is 6.04 Å². The van der Waals surface area contributed by atoms with Gasteiger partial charge in [0.2, 0.25) is 0 Å². The van der Waals surface area contributed by atoms with Crippen LogP contribution in [0.1, 0.15) is 30.9 Å². The van der Waals surface area contributed by atoms with E-state index in [2.05, 4.69) is 13.0 Å². The first-order chi connectivity index (χ1) is 8.08. The molecule has 0 aliphatic carbocycles. The average Bonchev–Trinajstić information content (AvgIpc) is 2.30. The zero-order valence-electron chi connectivity index (χ0n) is 11.2. The van der Waals surface area contributed by atoms with Crippen molar-refractivity contribution in [3.8, 4) is 11.5 Å². The third-order valence-electron chi connectivity index (χ3n) is 2.95. The standard InChI is InChI=1S/C14H23NO2/c1-10-8-13(16-3)14(17-4)9-12(10)7-5-6-11(2)15/h8-9,11H,5-7,15H2,1-4H3. The Hall–Kier alpha value is -1.22. The summed E-state index contributed by atoms with van der Waals surface area (Å²) in [6.07, 6.45) is 3.19. The van der Waals surface area contributed by atoms with Crippen molar-refractivity contribution in [3.63, 3.8) is 0 Å². The van der Waals surface area contributed by atoms with Crippen molar-refractivity contribution < 1.29 is 9.47 Å². The molecule has 0 bridgehead atoms. The second-order valence-corrected chi connectivity index (χ2v) is 4.50. The Morgan fingerprint density at radius 2 is 1.76 bits per heavy atom. The molecule has 0 heterocycles. The molecule has 0 spiro atoms. The van der Waals surface area contributed by atoms with Crippen LogP contribution in [0.4, 0.5) is 0 Å². The molecule has 96 valence electrons. The Labute approximate surface area is 104 Å². The summed E-state index contributed by atoms with van der Waals surface area (Å²) in [6, 6.07) is 4.37. The van der Waals surface area contributed by atoms with Gasteiger partial charge >= 0.3 is 0 Å². The van der Waals surface area contributed by atoms with Crippen LogP contribution in [0.25, 0.3) is 0 Å².